The minimum atomic E-state index is 0.0153. The van der Waals surface area contributed by atoms with E-state index in [0.29, 0.717) is 13.2 Å². The Kier molecular flexibility index (Phi) is 4.00. The van der Waals surface area contributed by atoms with Crippen LogP contribution in [0.5, 0.6) is 5.75 Å². The lowest BCUT2D eigenvalue weighted by Crippen LogP contribution is -2.21. The standard InChI is InChI=1S/C17H19NO2/c18-11-13-4-3-6-15(10-13)20-12-17-16-7-2-1-5-14(16)8-9-19-17/h1-7,10,17H,8-9,11-12,18H2. The third-order valence-corrected chi connectivity index (χ3v) is 3.63. The van der Waals surface area contributed by atoms with Crippen LogP contribution in [0.15, 0.2) is 48.5 Å². The van der Waals surface area contributed by atoms with Crippen LogP contribution in [0.25, 0.3) is 0 Å². The second kappa shape index (κ2) is 6.07. The average Bonchev–Trinajstić information content (AvgIpc) is 2.53. The largest absolute Gasteiger partial charge is 0.491 e. The number of hydrogen-bond acceptors (Lipinski definition) is 3. The van der Waals surface area contributed by atoms with E-state index in [0.717, 1.165) is 24.3 Å². The summed E-state index contributed by atoms with van der Waals surface area (Å²) in [6, 6.07) is 16.3. The molecule has 1 aliphatic heterocycles. The molecule has 104 valence electrons. The highest BCUT2D eigenvalue weighted by Gasteiger charge is 2.20. The summed E-state index contributed by atoms with van der Waals surface area (Å²) < 4.78 is 11.7. The van der Waals surface area contributed by atoms with E-state index in [1.165, 1.54) is 11.1 Å². The quantitative estimate of drug-likeness (QED) is 0.928. The van der Waals surface area contributed by atoms with Gasteiger partial charge in [-0.15, -0.1) is 0 Å². The second-order valence-corrected chi connectivity index (χ2v) is 4.97. The van der Waals surface area contributed by atoms with Crippen molar-refractivity contribution < 1.29 is 9.47 Å². The summed E-state index contributed by atoms with van der Waals surface area (Å²) >= 11 is 0. The summed E-state index contributed by atoms with van der Waals surface area (Å²) in [7, 11) is 0. The molecule has 2 aromatic carbocycles. The lowest BCUT2D eigenvalue weighted by Gasteiger charge is -2.26. The Balaban J connectivity index is 1.70. The summed E-state index contributed by atoms with van der Waals surface area (Å²) in [6.45, 7) is 1.82. The molecule has 2 aromatic rings. The third-order valence-electron chi connectivity index (χ3n) is 3.63. The first-order valence-corrected chi connectivity index (χ1v) is 6.98. The molecule has 1 unspecified atom stereocenters. The molecule has 0 fully saturated rings. The number of hydrogen-bond donors (Lipinski definition) is 1. The lowest BCUT2D eigenvalue weighted by molar-refractivity contribution is 0.0102. The van der Waals surface area contributed by atoms with Crippen molar-refractivity contribution in [2.24, 2.45) is 5.73 Å². The van der Waals surface area contributed by atoms with Gasteiger partial charge >= 0.3 is 0 Å². The zero-order valence-electron chi connectivity index (χ0n) is 11.4. The van der Waals surface area contributed by atoms with Crippen molar-refractivity contribution in [1.29, 1.82) is 0 Å². The molecule has 0 radical (unpaired) electrons. The van der Waals surface area contributed by atoms with Crippen LogP contribution in [0.1, 0.15) is 22.8 Å². The molecule has 3 nitrogen and oxygen atoms in total. The van der Waals surface area contributed by atoms with Crippen LogP contribution < -0.4 is 10.5 Å². The van der Waals surface area contributed by atoms with Gasteiger partial charge in [-0.1, -0.05) is 36.4 Å². The van der Waals surface area contributed by atoms with E-state index in [2.05, 4.69) is 24.3 Å². The van der Waals surface area contributed by atoms with Crippen molar-refractivity contribution in [2.45, 2.75) is 19.1 Å². The molecule has 3 heteroatoms. The van der Waals surface area contributed by atoms with Crippen molar-refractivity contribution >= 4 is 0 Å². The summed E-state index contributed by atoms with van der Waals surface area (Å²) in [6.07, 6.45) is 0.997. The molecule has 0 spiro atoms. The van der Waals surface area contributed by atoms with E-state index in [1.807, 2.05) is 24.3 Å². The molecule has 20 heavy (non-hydrogen) atoms. The molecule has 2 N–H and O–H groups in total. The van der Waals surface area contributed by atoms with E-state index >= 15 is 0 Å². The maximum atomic E-state index is 5.86. The SMILES string of the molecule is NCc1cccc(OCC2OCCc3ccccc32)c1. The van der Waals surface area contributed by atoms with E-state index in [-0.39, 0.29) is 6.10 Å². The van der Waals surface area contributed by atoms with Gasteiger partial charge in [-0.3, -0.25) is 0 Å². The fraction of sp³-hybridized carbons (Fsp3) is 0.294. The Hall–Kier alpha value is -1.84. The maximum absolute atomic E-state index is 5.86. The summed E-state index contributed by atoms with van der Waals surface area (Å²) in [4.78, 5) is 0. The lowest BCUT2D eigenvalue weighted by atomic mass is 9.98. The molecule has 0 bridgehead atoms. The van der Waals surface area contributed by atoms with E-state index < -0.39 is 0 Å². The predicted octanol–water partition coefficient (Wildman–Crippen LogP) is 2.84. The Labute approximate surface area is 119 Å². The Morgan fingerprint density at radius 2 is 2.05 bits per heavy atom. The van der Waals surface area contributed by atoms with Gasteiger partial charge < -0.3 is 15.2 Å². The maximum Gasteiger partial charge on any atom is 0.119 e. The second-order valence-electron chi connectivity index (χ2n) is 4.97. The van der Waals surface area contributed by atoms with Gasteiger partial charge in [0, 0.05) is 6.54 Å². The van der Waals surface area contributed by atoms with Gasteiger partial charge in [0.15, 0.2) is 0 Å². The Morgan fingerprint density at radius 3 is 2.95 bits per heavy atom. The average molecular weight is 269 g/mol. The molecule has 1 atom stereocenters. The zero-order valence-corrected chi connectivity index (χ0v) is 11.4. The summed E-state index contributed by atoms with van der Waals surface area (Å²) in [5.41, 5.74) is 9.33. The molecule has 3 rings (SSSR count). The van der Waals surface area contributed by atoms with Crippen LogP contribution in [0.3, 0.4) is 0 Å². The smallest absolute Gasteiger partial charge is 0.119 e. The van der Waals surface area contributed by atoms with E-state index in [9.17, 15) is 0 Å². The topological polar surface area (TPSA) is 44.5 Å². The normalized spacial score (nSPS) is 17.6. The van der Waals surface area contributed by atoms with Gasteiger partial charge in [0.25, 0.3) is 0 Å². The number of rotatable bonds is 4. The summed E-state index contributed by atoms with van der Waals surface area (Å²) in [5.74, 6) is 0.847. The van der Waals surface area contributed by atoms with Crippen molar-refractivity contribution in [3.8, 4) is 5.75 Å². The Bertz CT molecular complexity index is 583. The molecular formula is C17H19NO2. The van der Waals surface area contributed by atoms with E-state index in [1.54, 1.807) is 0 Å². The number of fused-ring (bicyclic) bond motifs is 1. The highest BCUT2D eigenvalue weighted by molar-refractivity contribution is 5.32. The molecule has 0 saturated carbocycles. The van der Waals surface area contributed by atoms with Crippen LogP contribution in [-0.4, -0.2) is 13.2 Å². The molecular weight excluding hydrogens is 250 g/mol. The van der Waals surface area contributed by atoms with Crippen LogP contribution in [0.4, 0.5) is 0 Å². The van der Waals surface area contributed by atoms with Crippen molar-refractivity contribution in [3.05, 3.63) is 65.2 Å². The monoisotopic (exact) mass is 269 g/mol. The van der Waals surface area contributed by atoms with Crippen molar-refractivity contribution in [2.75, 3.05) is 13.2 Å². The van der Waals surface area contributed by atoms with Crippen molar-refractivity contribution in [3.63, 3.8) is 0 Å². The zero-order chi connectivity index (χ0) is 13.8. The van der Waals surface area contributed by atoms with Crippen LogP contribution in [0.2, 0.25) is 0 Å². The van der Waals surface area contributed by atoms with Crippen molar-refractivity contribution in [1.82, 2.24) is 0 Å². The minimum Gasteiger partial charge on any atom is -0.491 e. The molecule has 1 heterocycles. The molecule has 0 amide bonds. The fourth-order valence-electron chi connectivity index (χ4n) is 2.55. The van der Waals surface area contributed by atoms with Gasteiger partial charge in [0.05, 0.1) is 6.61 Å². The molecule has 1 aliphatic rings. The van der Waals surface area contributed by atoms with Crippen LogP contribution >= 0.6 is 0 Å². The van der Waals surface area contributed by atoms with Crippen LogP contribution in [-0.2, 0) is 17.7 Å². The number of benzene rings is 2. The first kappa shape index (κ1) is 13.2. The van der Waals surface area contributed by atoms with Gasteiger partial charge in [0.1, 0.15) is 18.5 Å². The number of nitrogens with two attached hydrogens (primary N) is 1. The molecule has 0 saturated heterocycles. The predicted molar refractivity (Wildman–Crippen MR) is 78.7 cm³/mol. The van der Waals surface area contributed by atoms with Gasteiger partial charge in [-0.2, -0.15) is 0 Å². The highest BCUT2D eigenvalue weighted by Crippen LogP contribution is 2.27. The first-order chi connectivity index (χ1) is 9.86. The minimum absolute atomic E-state index is 0.0153. The molecule has 0 aromatic heterocycles. The Morgan fingerprint density at radius 1 is 1.15 bits per heavy atom. The van der Waals surface area contributed by atoms with Crippen LogP contribution in [0, 0.1) is 0 Å². The number of ether oxygens (including phenoxy) is 2. The van der Waals surface area contributed by atoms with E-state index in [4.69, 9.17) is 15.2 Å². The van der Waals surface area contributed by atoms with Gasteiger partial charge in [-0.25, -0.2) is 0 Å². The third kappa shape index (κ3) is 2.84. The summed E-state index contributed by atoms with van der Waals surface area (Å²) in [5, 5.41) is 0. The fourth-order valence-corrected chi connectivity index (χ4v) is 2.55. The van der Waals surface area contributed by atoms with Gasteiger partial charge in [-0.05, 0) is 35.2 Å². The molecule has 0 aliphatic carbocycles. The first-order valence-electron chi connectivity index (χ1n) is 6.98. The van der Waals surface area contributed by atoms with Gasteiger partial charge in [0.2, 0.25) is 0 Å². The highest BCUT2D eigenvalue weighted by atomic mass is 16.5.